The van der Waals surface area contributed by atoms with E-state index in [0.717, 1.165) is 77.2 Å². The third kappa shape index (κ3) is 5.28. The molecule has 0 unspecified atom stereocenters. The second-order valence-electron chi connectivity index (χ2n) is 14.6. The molecule has 10 rings (SSSR count). The molecule has 0 atom stereocenters. The number of nitrogens with zero attached hydrogens (tertiary/aromatic N) is 4. The molecule has 0 spiro atoms. The van der Waals surface area contributed by atoms with Gasteiger partial charge in [-0.2, -0.15) is 10.5 Å². The molecule has 0 fully saturated rings. The van der Waals surface area contributed by atoms with Crippen LogP contribution in [0.15, 0.2) is 170 Å². The lowest BCUT2D eigenvalue weighted by atomic mass is 9.96. The molecule has 2 aromatic heterocycles. The summed E-state index contributed by atoms with van der Waals surface area (Å²) >= 11 is 0. The molecule has 56 heavy (non-hydrogen) atoms. The first-order valence-corrected chi connectivity index (χ1v) is 18.8. The van der Waals surface area contributed by atoms with Crippen molar-refractivity contribution in [2.75, 3.05) is 0 Å². The summed E-state index contributed by atoms with van der Waals surface area (Å²) in [6, 6.07) is 64.3. The highest BCUT2D eigenvalue weighted by Gasteiger charge is 2.24. The molecular formula is C52H34N4. The van der Waals surface area contributed by atoms with Crippen LogP contribution in [0.25, 0.3) is 88.4 Å². The zero-order valence-electron chi connectivity index (χ0n) is 31.0. The second kappa shape index (κ2) is 13.0. The first-order valence-electron chi connectivity index (χ1n) is 18.8. The Morgan fingerprint density at radius 2 is 0.804 bits per heavy atom. The Kier molecular flexibility index (Phi) is 7.66. The lowest BCUT2D eigenvalue weighted by molar-refractivity contribution is 1.13. The van der Waals surface area contributed by atoms with Gasteiger partial charge >= 0.3 is 0 Å². The monoisotopic (exact) mass is 714 g/mol. The Morgan fingerprint density at radius 3 is 1.30 bits per heavy atom. The predicted octanol–water partition coefficient (Wildman–Crippen LogP) is 13.2. The fourth-order valence-corrected chi connectivity index (χ4v) is 8.54. The van der Waals surface area contributed by atoms with Gasteiger partial charge in [-0.15, -0.1) is 0 Å². The third-order valence-electron chi connectivity index (χ3n) is 11.0. The number of rotatable bonds is 5. The van der Waals surface area contributed by atoms with Gasteiger partial charge in [-0.05, 0) is 102 Å². The van der Waals surface area contributed by atoms with Crippen LogP contribution in [-0.4, -0.2) is 9.13 Å². The average molecular weight is 715 g/mol. The van der Waals surface area contributed by atoms with Crippen LogP contribution >= 0.6 is 0 Å². The molecule has 4 nitrogen and oxygen atoms in total. The number of hydrogen-bond acceptors (Lipinski definition) is 2. The molecule has 10 aromatic rings. The number of aryl methyl sites for hydroxylation is 2. The highest BCUT2D eigenvalue weighted by molar-refractivity contribution is 6.13. The summed E-state index contributed by atoms with van der Waals surface area (Å²) in [7, 11) is 0. The molecule has 4 heteroatoms. The van der Waals surface area contributed by atoms with Crippen molar-refractivity contribution in [2.24, 2.45) is 0 Å². The lowest BCUT2D eigenvalue weighted by Crippen LogP contribution is -2.05. The molecule has 8 aromatic carbocycles. The van der Waals surface area contributed by atoms with E-state index in [9.17, 15) is 10.5 Å². The van der Waals surface area contributed by atoms with Gasteiger partial charge < -0.3 is 9.13 Å². The van der Waals surface area contributed by atoms with Gasteiger partial charge in [-0.1, -0.05) is 120 Å². The van der Waals surface area contributed by atoms with E-state index in [-0.39, 0.29) is 0 Å². The Balaban J connectivity index is 1.32. The van der Waals surface area contributed by atoms with Crippen molar-refractivity contribution in [3.63, 3.8) is 0 Å². The fraction of sp³-hybridized carbons (Fsp3) is 0.0385. The number of aromatic nitrogens is 2. The quantitative estimate of drug-likeness (QED) is 0.178. The van der Waals surface area contributed by atoms with Crippen LogP contribution in [0.1, 0.15) is 22.3 Å². The van der Waals surface area contributed by atoms with E-state index in [0.29, 0.717) is 11.1 Å². The number of hydrogen-bond donors (Lipinski definition) is 0. The summed E-state index contributed by atoms with van der Waals surface area (Å²) in [5.41, 5.74) is 15.9. The number of benzene rings is 8. The highest BCUT2D eigenvalue weighted by atomic mass is 15.0. The van der Waals surface area contributed by atoms with E-state index in [2.05, 4.69) is 175 Å². The molecule has 0 aliphatic heterocycles. The zero-order chi connectivity index (χ0) is 37.9. The van der Waals surface area contributed by atoms with E-state index in [4.69, 9.17) is 0 Å². The Morgan fingerprint density at radius 1 is 0.357 bits per heavy atom. The van der Waals surface area contributed by atoms with Crippen LogP contribution in [0, 0.1) is 36.5 Å². The smallest absolute Gasteiger partial charge is 0.0993 e. The van der Waals surface area contributed by atoms with Gasteiger partial charge in [0.1, 0.15) is 0 Å². The molecule has 0 aliphatic rings. The highest BCUT2D eigenvalue weighted by Crippen LogP contribution is 2.44. The number of nitriles is 2. The van der Waals surface area contributed by atoms with Gasteiger partial charge in [-0.3, -0.25) is 0 Å². The standard InChI is InChI=1S/C52H34N4/c1-33-10-7-13-37(24-33)39-20-22-48-44(29-39)42-16-3-5-18-46(42)55(48)50-27-36(32-54)28-51(52(50)41-15-9-12-35(26-41)31-53)56-47-19-6-4-17-43(47)45-30-40(21-23-49(45)56)38-14-8-11-34(2)25-38/h3-30H,1-2H3. The van der Waals surface area contributed by atoms with Crippen molar-refractivity contribution in [2.45, 2.75) is 13.8 Å². The normalized spacial score (nSPS) is 11.4. The molecule has 0 saturated carbocycles. The fourth-order valence-electron chi connectivity index (χ4n) is 8.54. The summed E-state index contributed by atoms with van der Waals surface area (Å²) in [5, 5.41) is 25.4. The molecule has 0 amide bonds. The lowest BCUT2D eigenvalue weighted by Gasteiger charge is -2.21. The predicted molar refractivity (Wildman–Crippen MR) is 230 cm³/mol. The molecule has 0 saturated heterocycles. The van der Waals surface area contributed by atoms with Crippen molar-refractivity contribution < 1.29 is 0 Å². The van der Waals surface area contributed by atoms with Gasteiger partial charge in [0.05, 0.1) is 56.7 Å². The van der Waals surface area contributed by atoms with Crippen LogP contribution in [-0.2, 0) is 0 Å². The summed E-state index contributed by atoms with van der Waals surface area (Å²) < 4.78 is 4.60. The minimum absolute atomic E-state index is 0.541. The maximum Gasteiger partial charge on any atom is 0.0993 e. The van der Waals surface area contributed by atoms with Crippen molar-refractivity contribution in [1.82, 2.24) is 9.13 Å². The summed E-state index contributed by atoms with van der Waals surface area (Å²) in [6.07, 6.45) is 0. The van der Waals surface area contributed by atoms with Gasteiger partial charge in [0.25, 0.3) is 0 Å². The van der Waals surface area contributed by atoms with Crippen LogP contribution in [0.2, 0.25) is 0 Å². The van der Waals surface area contributed by atoms with Crippen molar-refractivity contribution in [1.29, 1.82) is 10.5 Å². The zero-order valence-corrected chi connectivity index (χ0v) is 31.0. The second-order valence-corrected chi connectivity index (χ2v) is 14.6. The van der Waals surface area contributed by atoms with E-state index in [1.807, 2.05) is 30.3 Å². The summed E-state index contributed by atoms with van der Waals surface area (Å²) in [4.78, 5) is 0. The van der Waals surface area contributed by atoms with Crippen molar-refractivity contribution in [3.05, 3.63) is 192 Å². The van der Waals surface area contributed by atoms with Crippen molar-refractivity contribution in [3.8, 4) is 56.9 Å². The summed E-state index contributed by atoms with van der Waals surface area (Å²) in [5.74, 6) is 0. The van der Waals surface area contributed by atoms with Gasteiger partial charge in [0, 0.05) is 27.1 Å². The molecule has 0 radical (unpaired) electrons. The maximum atomic E-state index is 10.7. The minimum Gasteiger partial charge on any atom is -0.308 e. The maximum absolute atomic E-state index is 10.7. The Labute approximate surface area is 325 Å². The Bertz CT molecular complexity index is 3120. The van der Waals surface area contributed by atoms with Gasteiger partial charge in [0.2, 0.25) is 0 Å². The largest absolute Gasteiger partial charge is 0.308 e. The van der Waals surface area contributed by atoms with Gasteiger partial charge in [0.15, 0.2) is 0 Å². The average Bonchev–Trinajstić information content (AvgIpc) is 3.75. The minimum atomic E-state index is 0.541. The first-order chi connectivity index (χ1) is 27.5. The first kappa shape index (κ1) is 32.9. The van der Waals surface area contributed by atoms with E-state index in [1.165, 1.54) is 22.3 Å². The SMILES string of the molecule is Cc1cccc(-c2ccc3c(c2)c2ccccc2n3-c2cc(C#N)cc(-n3c4ccccc4c4cc(-c5cccc(C)c5)ccc43)c2-c2cccc(C#N)c2)c1. The van der Waals surface area contributed by atoms with Crippen LogP contribution < -0.4 is 0 Å². The molecule has 0 N–H and O–H groups in total. The van der Waals surface area contributed by atoms with Crippen LogP contribution in [0.4, 0.5) is 0 Å². The van der Waals surface area contributed by atoms with Gasteiger partial charge in [-0.25, -0.2) is 0 Å². The summed E-state index contributed by atoms with van der Waals surface area (Å²) in [6.45, 7) is 4.24. The van der Waals surface area contributed by atoms with E-state index in [1.54, 1.807) is 0 Å². The third-order valence-corrected chi connectivity index (χ3v) is 11.0. The molecular weight excluding hydrogens is 681 g/mol. The Hall–Kier alpha value is -7.66. The number of fused-ring (bicyclic) bond motifs is 6. The van der Waals surface area contributed by atoms with E-state index >= 15 is 0 Å². The van der Waals surface area contributed by atoms with Crippen molar-refractivity contribution >= 4 is 43.6 Å². The topological polar surface area (TPSA) is 57.4 Å². The number of para-hydroxylation sites is 2. The molecule has 0 bridgehead atoms. The molecule has 2 heterocycles. The molecule has 0 aliphatic carbocycles. The molecule has 262 valence electrons. The van der Waals surface area contributed by atoms with Crippen LogP contribution in [0.3, 0.4) is 0 Å². The van der Waals surface area contributed by atoms with E-state index < -0.39 is 0 Å². The van der Waals surface area contributed by atoms with Crippen LogP contribution in [0.5, 0.6) is 0 Å².